The highest BCUT2D eigenvalue weighted by molar-refractivity contribution is 5.33. The van der Waals surface area contributed by atoms with Crippen molar-refractivity contribution in [3.05, 3.63) is 36.6 Å². The van der Waals surface area contributed by atoms with Crippen molar-refractivity contribution < 1.29 is 0 Å². The maximum Gasteiger partial charge on any atom is 0.0395 e. The largest absolute Gasteiger partial charge is 0.372 e. The monoisotopic (exact) mass is 207 g/mol. The number of likely N-dealkylation sites (N-methyl/N-ethyl adjacent to an activating group) is 1. The van der Waals surface area contributed by atoms with Gasteiger partial charge in [0.05, 0.1) is 0 Å². The first kappa shape index (κ1) is 14.0. The number of hydrogen-bond acceptors (Lipinski definition) is 1. The minimum absolute atomic E-state index is 0.633. The quantitative estimate of drug-likeness (QED) is 0.676. The van der Waals surface area contributed by atoms with E-state index in [1.165, 1.54) is 17.7 Å². The van der Waals surface area contributed by atoms with Crippen LogP contribution in [0, 0.1) is 5.92 Å². The molecule has 0 aromatic rings. The Morgan fingerprint density at radius 2 is 1.93 bits per heavy atom. The molecule has 1 aliphatic rings. The second kappa shape index (κ2) is 7.33. The van der Waals surface area contributed by atoms with Gasteiger partial charge < -0.3 is 4.90 Å². The van der Waals surface area contributed by atoms with E-state index in [9.17, 15) is 0 Å². The van der Waals surface area contributed by atoms with Gasteiger partial charge in [-0.2, -0.15) is 0 Å². The van der Waals surface area contributed by atoms with Crippen LogP contribution < -0.4 is 0 Å². The van der Waals surface area contributed by atoms with Crippen molar-refractivity contribution in [2.75, 3.05) is 13.1 Å². The zero-order valence-electron chi connectivity index (χ0n) is 10.7. The lowest BCUT2D eigenvalue weighted by Gasteiger charge is -2.34. The number of nitrogens with zero attached hydrogens (tertiary/aromatic N) is 1. The van der Waals surface area contributed by atoms with Gasteiger partial charge in [0.1, 0.15) is 0 Å². The Balaban J connectivity index is 0.000000921. The molecule has 0 saturated heterocycles. The average molecular weight is 207 g/mol. The molecule has 1 rings (SSSR count). The third kappa shape index (κ3) is 3.26. The van der Waals surface area contributed by atoms with Gasteiger partial charge in [0.25, 0.3) is 0 Å². The lowest BCUT2D eigenvalue weighted by Crippen LogP contribution is -2.30. The lowest BCUT2D eigenvalue weighted by atomic mass is 9.91. The zero-order valence-corrected chi connectivity index (χ0v) is 10.7. The van der Waals surface area contributed by atoms with Gasteiger partial charge in [0, 0.05) is 18.8 Å². The molecule has 1 heteroatoms. The summed E-state index contributed by atoms with van der Waals surface area (Å²) in [5, 5.41) is 0. The number of hydrogen-bond donors (Lipinski definition) is 0. The summed E-state index contributed by atoms with van der Waals surface area (Å²) in [6.07, 6.45) is 5.16. The van der Waals surface area contributed by atoms with Crippen LogP contribution in [0.25, 0.3) is 0 Å². The van der Waals surface area contributed by atoms with E-state index in [0.29, 0.717) is 5.92 Å². The molecular weight excluding hydrogens is 182 g/mol. The van der Waals surface area contributed by atoms with E-state index >= 15 is 0 Å². The molecule has 1 aliphatic heterocycles. The Kier molecular flexibility index (Phi) is 6.85. The van der Waals surface area contributed by atoms with Crippen molar-refractivity contribution in [3.8, 4) is 0 Å². The minimum Gasteiger partial charge on any atom is -0.372 e. The summed E-state index contributed by atoms with van der Waals surface area (Å²) in [5.74, 6) is 0.633. The second-order valence-corrected chi connectivity index (χ2v) is 3.52. The fraction of sp³-hybridized carbons (Fsp3) is 0.571. The Morgan fingerprint density at radius 1 is 1.33 bits per heavy atom. The molecule has 0 amide bonds. The van der Waals surface area contributed by atoms with Crippen molar-refractivity contribution >= 4 is 0 Å². The predicted octanol–water partition coefficient (Wildman–Crippen LogP) is 4.00. The Bertz CT molecular complexity index is 238. The zero-order chi connectivity index (χ0) is 11.8. The maximum absolute atomic E-state index is 3.87. The molecule has 0 aromatic heterocycles. The van der Waals surface area contributed by atoms with Gasteiger partial charge >= 0.3 is 0 Å². The average Bonchev–Trinajstić information content (AvgIpc) is 2.31. The molecule has 0 spiro atoms. The van der Waals surface area contributed by atoms with Gasteiger partial charge in [-0.25, -0.2) is 0 Å². The first-order valence-electron chi connectivity index (χ1n) is 5.98. The highest BCUT2D eigenvalue weighted by Gasteiger charge is 2.19. The van der Waals surface area contributed by atoms with Gasteiger partial charge in [-0.3, -0.25) is 0 Å². The molecule has 0 aliphatic carbocycles. The first-order chi connectivity index (χ1) is 7.24. The van der Waals surface area contributed by atoms with E-state index in [1.54, 1.807) is 0 Å². The molecule has 0 saturated carbocycles. The Labute approximate surface area is 95.2 Å². The van der Waals surface area contributed by atoms with Crippen LogP contribution in [0.1, 0.15) is 34.1 Å². The van der Waals surface area contributed by atoms with Crippen LogP contribution in [0.5, 0.6) is 0 Å². The molecule has 1 nitrogen and oxygen atoms in total. The fourth-order valence-electron chi connectivity index (χ4n) is 1.94. The van der Waals surface area contributed by atoms with Crippen LogP contribution in [0.15, 0.2) is 36.6 Å². The molecule has 0 fully saturated rings. The Morgan fingerprint density at radius 3 is 2.33 bits per heavy atom. The molecule has 1 atom stereocenters. The second-order valence-electron chi connectivity index (χ2n) is 3.52. The van der Waals surface area contributed by atoms with Gasteiger partial charge in [-0.15, -0.1) is 0 Å². The molecule has 86 valence electrons. The highest BCUT2D eigenvalue weighted by atomic mass is 15.1. The molecule has 15 heavy (non-hydrogen) atoms. The van der Waals surface area contributed by atoms with Crippen molar-refractivity contribution in [2.24, 2.45) is 5.92 Å². The fourth-order valence-corrected chi connectivity index (χ4v) is 1.94. The molecule has 0 radical (unpaired) electrons. The highest BCUT2D eigenvalue weighted by Crippen LogP contribution is 2.28. The third-order valence-corrected chi connectivity index (χ3v) is 2.79. The molecule has 1 unspecified atom stereocenters. The smallest absolute Gasteiger partial charge is 0.0395 e. The van der Waals surface area contributed by atoms with Crippen LogP contribution in [-0.2, 0) is 0 Å². The summed E-state index contributed by atoms with van der Waals surface area (Å²) < 4.78 is 0. The van der Waals surface area contributed by atoms with E-state index in [0.717, 1.165) is 13.1 Å². The summed E-state index contributed by atoms with van der Waals surface area (Å²) in [5.41, 5.74) is 2.62. The van der Waals surface area contributed by atoms with Crippen LogP contribution in [0.2, 0.25) is 0 Å². The van der Waals surface area contributed by atoms with E-state index in [1.807, 2.05) is 26.0 Å². The van der Waals surface area contributed by atoms with E-state index in [4.69, 9.17) is 0 Å². The summed E-state index contributed by atoms with van der Waals surface area (Å²) >= 11 is 0. The van der Waals surface area contributed by atoms with Crippen molar-refractivity contribution in [1.29, 1.82) is 0 Å². The SMILES string of the molecule is C=CC1=C(C=C)N(CC)CCC1C.CC. The van der Waals surface area contributed by atoms with Gasteiger partial charge in [-0.05, 0) is 30.9 Å². The predicted molar refractivity (Wildman–Crippen MR) is 69.8 cm³/mol. The third-order valence-electron chi connectivity index (χ3n) is 2.79. The number of allylic oxidation sites excluding steroid dienone is 3. The summed E-state index contributed by atoms with van der Waals surface area (Å²) in [4.78, 5) is 2.37. The topological polar surface area (TPSA) is 3.24 Å². The summed E-state index contributed by atoms with van der Waals surface area (Å²) in [7, 11) is 0. The maximum atomic E-state index is 3.87. The minimum atomic E-state index is 0.633. The van der Waals surface area contributed by atoms with E-state index in [-0.39, 0.29) is 0 Å². The van der Waals surface area contributed by atoms with E-state index in [2.05, 4.69) is 31.9 Å². The number of rotatable bonds is 3. The first-order valence-corrected chi connectivity index (χ1v) is 5.98. The molecule has 0 N–H and O–H groups in total. The summed E-state index contributed by atoms with van der Waals surface area (Å²) in [6.45, 7) is 18.4. The van der Waals surface area contributed by atoms with Crippen LogP contribution in [-0.4, -0.2) is 18.0 Å². The molecule has 0 aromatic carbocycles. The lowest BCUT2D eigenvalue weighted by molar-refractivity contribution is 0.316. The normalized spacial score (nSPS) is 20.5. The Hall–Kier alpha value is -0.980. The van der Waals surface area contributed by atoms with Crippen molar-refractivity contribution in [2.45, 2.75) is 34.1 Å². The van der Waals surface area contributed by atoms with Crippen LogP contribution in [0.3, 0.4) is 0 Å². The van der Waals surface area contributed by atoms with Gasteiger partial charge in [0.2, 0.25) is 0 Å². The molecule has 1 heterocycles. The van der Waals surface area contributed by atoms with Gasteiger partial charge in [0.15, 0.2) is 0 Å². The van der Waals surface area contributed by atoms with E-state index < -0.39 is 0 Å². The molecular formula is C14H25N. The van der Waals surface area contributed by atoms with Gasteiger partial charge in [-0.1, -0.05) is 40.0 Å². The van der Waals surface area contributed by atoms with Crippen molar-refractivity contribution in [1.82, 2.24) is 4.90 Å². The summed E-state index contributed by atoms with van der Waals surface area (Å²) in [6, 6.07) is 0. The van der Waals surface area contributed by atoms with Crippen LogP contribution >= 0.6 is 0 Å². The van der Waals surface area contributed by atoms with Crippen molar-refractivity contribution in [3.63, 3.8) is 0 Å². The molecule has 0 bridgehead atoms. The van der Waals surface area contributed by atoms with Crippen LogP contribution in [0.4, 0.5) is 0 Å². The standard InChI is InChI=1S/C12H19N.C2H6/c1-5-11-10(4)8-9-13(7-3)12(11)6-2;1-2/h5-6,10H,1-2,7-9H2,3-4H3;1-2H3.